The molecule has 1 fully saturated rings. The van der Waals surface area contributed by atoms with E-state index in [4.69, 9.17) is 4.74 Å². The molecular weight excluding hydrogens is 348 g/mol. The first-order valence-electron chi connectivity index (χ1n) is 9.38. The first-order chi connectivity index (χ1) is 12.9. The van der Waals surface area contributed by atoms with Crippen molar-refractivity contribution in [2.24, 2.45) is 5.92 Å². The molecular formula is C19H28N4O4. The molecule has 0 radical (unpaired) electrons. The maximum Gasteiger partial charge on any atom is 0.409 e. The molecule has 0 atom stereocenters. The number of nitrogens with one attached hydrogen (secondary N) is 1. The molecule has 8 nitrogen and oxygen atoms in total. The van der Waals surface area contributed by atoms with E-state index < -0.39 is 0 Å². The van der Waals surface area contributed by atoms with Gasteiger partial charge in [0.25, 0.3) is 11.8 Å². The summed E-state index contributed by atoms with van der Waals surface area (Å²) in [4.78, 5) is 44.1. The number of carbonyl (C=O) groups excluding carboxylic acids is 3. The smallest absolute Gasteiger partial charge is 0.409 e. The molecule has 0 aliphatic carbocycles. The third-order valence-electron chi connectivity index (χ3n) is 4.30. The second-order valence-corrected chi connectivity index (χ2v) is 6.82. The van der Waals surface area contributed by atoms with Crippen LogP contribution >= 0.6 is 0 Å². The maximum atomic E-state index is 12.7. The Kier molecular flexibility index (Phi) is 7.57. The monoisotopic (exact) mass is 376 g/mol. The molecule has 0 aromatic carbocycles. The molecule has 0 bridgehead atoms. The van der Waals surface area contributed by atoms with Crippen LogP contribution in [0.3, 0.4) is 0 Å². The summed E-state index contributed by atoms with van der Waals surface area (Å²) >= 11 is 0. The quantitative estimate of drug-likeness (QED) is 0.817. The summed E-state index contributed by atoms with van der Waals surface area (Å²) in [6.45, 7) is 8.49. The molecule has 1 N–H and O–H groups in total. The first-order valence-corrected chi connectivity index (χ1v) is 9.38. The molecule has 1 aromatic rings. The fourth-order valence-corrected chi connectivity index (χ4v) is 2.71. The summed E-state index contributed by atoms with van der Waals surface area (Å²) in [6.07, 6.45) is 0.526. The number of pyridine rings is 1. The fraction of sp³-hybridized carbons (Fsp3) is 0.579. The standard InChI is InChI=1S/C19H28N4O4/c1-4-27-19(26)23-12-10-22(11-13-23)18(25)16-7-5-6-15(21-16)17(24)20-9-8-14(2)3/h5-7,14H,4,8-13H2,1-3H3,(H,20,24). The first kappa shape index (κ1) is 20.7. The number of carbonyl (C=O) groups is 3. The van der Waals surface area contributed by atoms with Crippen LogP contribution in [0.15, 0.2) is 18.2 Å². The van der Waals surface area contributed by atoms with Crippen LogP contribution in [0.4, 0.5) is 4.79 Å². The van der Waals surface area contributed by atoms with Gasteiger partial charge in [-0.25, -0.2) is 9.78 Å². The Bertz CT molecular complexity index is 669. The third kappa shape index (κ3) is 5.94. The normalized spacial score (nSPS) is 14.2. The van der Waals surface area contributed by atoms with Crippen molar-refractivity contribution in [1.29, 1.82) is 0 Å². The van der Waals surface area contributed by atoms with Crippen LogP contribution < -0.4 is 5.32 Å². The van der Waals surface area contributed by atoms with E-state index in [-0.39, 0.29) is 29.3 Å². The predicted octanol–water partition coefficient (Wildman–Crippen LogP) is 1.77. The number of amides is 3. The highest BCUT2D eigenvalue weighted by molar-refractivity contribution is 5.96. The van der Waals surface area contributed by atoms with Crippen LogP contribution in [0, 0.1) is 5.92 Å². The van der Waals surface area contributed by atoms with Crippen molar-refractivity contribution in [1.82, 2.24) is 20.1 Å². The van der Waals surface area contributed by atoms with Crippen molar-refractivity contribution >= 4 is 17.9 Å². The van der Waals surface area contributed by atoms with E-state index in [1.807, 2.05) is 0 Å². The lowest BCUT2D eigenvalue weighted by Crippen LogP contribution is -2.50. The van der Waals surface area contributed by atoms with Gasteiger partial charge in [0.2, 0.25) is 0 Å². The summed E-state index contributed by atoms with van der Waals surface area (Å²) in [5.41, 5.74) is 0.464. The lowest BCUT2D eigenvalue weighted by atomic mass is 10.1. The molecule has 148 valence electrons. The SMILES string of the molecule is CCOC(=O)N1CCN(C(=O)c2cccc(C(=O)NCCC(C)C)n2)CC1. The van der Waals surface area contributed by atoms with Gasteiger partial charge in [-0.3, -0.25) is 9.59 Å². The Morgan fingerprint density at radius 2 is 1.74 bits per heavy atom. The second kappa shape index (κ2) is 9.89. The molecule has 0 unspecified atom stereocenters. The van der Waals surface area contributed by atoms with E-state index in [0.717, 1.165) is 6.42 Å². The Balaban J connectivity index is 1.93. The molecule has 1 aliphatic heterocycles. The molecule has 27 heavy (non-hydrogen) atoms. The molecule has 2 rings (SSSR count). The van der Waals surface area contributed by atoms with E-state index in [1.165, 1.54) is 0 Å². The van der Waals surface area contributed by atoms with Crippen LogP contribution in [-0.2, 0) is 4.74 Å². The Labute approximate surface area is 159 Å². The van der Waals surface area contributed by atoms with E-state index >= 15 is 0 Å². The van der Waals surface area contributed by atoms with Gasteiger partial charge >= 0.3 is 6.09 Å². The minimum atomic E-state index is -0.359. The zero-order chi connectivity index (χ0) is 19.8. The van der Waals surface area contributed by atoms with Crippen molar-refractivity contribution in [3.05, 3.63) is 29.6 Å². The van der Waals surface area contributed by atoms with Gasteiger partial charge in [-0.05, 0) is 31.4 Å². The van der Waals surface area contributed by atoms with Gasteiger partial charge < -0.3 is 19.9 Å². The molecule has 1 aliphatic rings. The number of ether oxygens (including phenoxy) is 1. The number of nitrogens with zero attached hydrogens (tertiary/aromatic N) is 3. The number of piperazine rings is 1. The summed E-state index contributed by atoms with van der Waals surface area (Å²) < 4.78 is 4.98. The van der Waals surface area contributed by atoms with Crippen LogP contribution in [0.2, 0.25) is 0 Å². The maximum absolute atomic E-state index is 12.7. The van der Waals surface area contributed by atoms with Crippen molar-refractivity contribution in [2.45, 2.75) is 27.2 Å². The fourth-order valence-electron chi connectivity index (χ4n) is 2.71. The van der Waals surface area contributed by atoms with Crippen molar-refractivity contribution in [2.75, 3.05) is 39.3 Å². The van der Waals surface area contributed by atoms with Crippen molar-refractivity contribution < 1.29 is 19.1 Å². The van der Waals surface area contributed by atoms with Gasteiger partial charge in [0, 0.05) is 32.7 Å². The van der Waals surface area contributed by atoms with Crippen molar-refractivity contribution in [3.63, 3.8) is 0 Å². The third-order valence-corrected chi connectivity index (χ3v) is 4.30. The van der Waals surface area contributed by atoms with Gasteiger partial charge in [-0.2, -0.15) is 0 Å². The van der Waals surface area contributed by atoms with E-state index in [9.17, 15) is 14.4 Å². The minimum Gasteiger partial charge on any atom is -0.450 e. The van der Waals surface area contributed by atoms with Gasteiger partial charge in [-0.1, -0.05) is 19.9 Å². The van der Waals surface area contributed by atoms with E-state index in [0.29, 0.717) is 45.2 Å². The number of rotatable bonds is 6. The van der Waals surface area contributed by atoms with Crippen LogP contribution in [0.1, 0.15) is 48.2 Å². The topological polar surface area (TPSA) is 91.8 Å². The Hall–Kier alpha value is -2.64. The lowest BCUT2D eigenvalue weighted by Gasteiger charge is -2.33. The average molecular weight is 376 g/mol. The van der Waals surface area contributed by atoms with Gasteiger partial charge in [0.15, 0.2) is 0 Å². The molecule has 1 aromatic heterocycles. The van der Waals surface area contributed by atoms with Gasteiger partial charge in [-0.15, -0.1) is 0 Å². The highest BCUT2D eigenvalue weighted by atomic mass is 16.6. The summed E-state index contributed by atoms with van der Waals surface area (Å²) in [5, 5.41) is 2.82. The molecule has 8 heteroatoms. The lowest BCUT2D eigenvalue weighted by molar-refractivity contribution is 0.0565. The Morgan fingerprint density at radius 1 is 1.11 bits per heavy atom. The Morgan fingerprint density at radius 3 is 2.37 bits per heavy atom. The highest BCUT2D eigenvalue weighted by Gasteiger charge is 2.26. The molecule has 0 spiro atoms. The zero-order valence-electron chi connectivity index (χ0n) is 16.2. The van der Waals surface area contributed by atoms with Crippen LogP contribution in [-0.4, -0.2) is 72.0 Å². The van der Waals surface area contributed by atoms with Gasteiger partial charge in [0.1, 0.15) is 11.4 Å². The van der Waals surface area contributed by atoms with E-state index in [1.54, 1.807) is 34.9 Å². The molecule has 2 heterocycles. The predicted molar refractivity (Wildman–Crippen MR) is 101 cm³/mol. The molecule has 1 saturated heterocycles. The van der Waals surface area contributed by atoms with Crippen molar-refractivity contribution in [3.8, 4) is 0 Å². The van der Waals surface area contributed by atoms with Crippen LogP contribution in [0.5, 0.6) is 0 Å². The highest BCUT2D eigenvalue weighted by Crippen LogP contribution is 2.09. The summed E-state index contributed by atoms with van der Waals surface area (Å²) in [6, 6.07) is 4.86. The largest absolute Gasteiger partial charge is 0.450 e. The summed E-state index contributed by atoms with van der Waals surface area (Å²) in [5.74, 6) is -0.0211. The summed E-state index contributed by atoms with van der Waals surface area (Å²) in [7, 11) is 0. The molecule has 3 amide bonds. The number of aromatic nitrogens is 1. The zero-order valence-corrected chi connectivity index (χ0v) is 16.2. The average Bonchev–Trinajstić information content (AvgIpc) is 2.67. The minimum absolute atomic E-state index is 0.231. The molecule has 0 saturated carbocycles. The number of hydrogen-bond acceptors (Lipinski definition) is 5. The second-order valence-electron chi connectivity index (χ2n) is 6.82. The van der Waals surface area contributed by atoms with Crippen LogP contribution in [0.25, 0.3) is 0 Å². The number of hydrogen-bond donors (Lipinski definition) is 1. The van der Waals surface area contributed by atoms with E-state index in [2.05, 4.69) is 24.1 Å². The van der Waals surface area contributed by atoms with Gasteiger partial charge in [0.05, 0.1) is 6.61 Å².